The average Bonchev–Trinajstić information content (AvgIpc) is 2.64. The molecule has 1 N–H and O–H groups in total. The molecule has 2 aromatic rings. The molecule has 0 aliphatic heterocycles. The van der Waals surface area contributed by atoms with E-state index in [0.29, 0.717) is 18.1 Å². The van der Waals surface area contributed by atoms with Crippen LogP contribution in [0, 0.1) is 0 Å². The number of hydrogen-bond acceptors (Lipinski definition) is 4. The normalized spacial score (nSPS) is 10.6. The van der Waals surface area contributed by atoms with E-state index in [1.807, 2.05) is 11.4 Å². The van der Waals surface area contributed by atoms with Gasteiger partial charge in [-0.15, -0.1) is 11.3 Å². The lowest BCUT2D eigenvalue weighted by atomic mass is 10.4. The molecular formula is C10H9BrN2O2S. The van der Waals surface area contributed by atoms with Gasteiger partial charge in [0.2, 0.25) is 0 Å². The fourth-order valence-corrected chi connectivity index (χ4v) is 2.80. The highest BCUT2D eigenvalue weighted by Gasteiger charge is 2.08. The third-order valence-corrected chi connectivity index (χ3v) is 3.76. The predicted molar refractivity (Wildman–Crippen MR) is 66.6 cm³/mol. The van der Waals surface area contributed by atoms with Gasteiger partial charge < -0.3 is 9.72 Å². The van der Waals surface area contributed by atoms with Crippen molar-refractivity contribution in [3.63, 3.8) is 0 Å². The Balaban J connectivity index is 2.49. The van der Waals surface area contributed by atoms with Crippen molar-refractivity contribution < 1.29 is 4.74 Å². The van der Waals surface area contributed by atoms with Crippen LogP contribution in [0.1, 0.15) is 5.69 Å². The van der Waals surface area contributed by atoms with Crippen LogP contribution in [-0.4, -0.2) is 17.1 Å². The molecular weight excluding hydrogens is 292 g/mol. The molecule has 0 aliphatic carbocycles. The van der Waals surface area contributed by atoms with Gasteiger partial charge in [0.1, 0.15) is 0 Å². The van der Waals surface area contributed by atoms with Crippen LogP contribution in [-0.2, 0) is 11.3 Å². The lowest BCUT2D eigenvalue weighted by Crippen LogP contribution is -2.10. The number of aromatic nitrogens is 2. The molecule has 0 radical (unpaired) electrons. The molecule has 16 heavy (non-hydrogen) atoms. The van der Waals surface area contributed by atoms with Crippen molar-refractivity contribution in [1.29, 1.82) is 0 Å². The van der Waals surface area contributed by atoms with Gasteiger partial charge in [0.05, 0.1) is 17.2 Å². The van der Waals surface area contributed by atoms with Gasteiger partial charge in [-0.2, -0.15) is 0 Å². The Hall–Kier alpha value is -0.980. The molecule has 0 fully saturated rings. The standard InChI is InChI=1S/C10H9BrN2O2S/c1-15-5-6-4-8(14)13-10(12-6)9-7(11)2-3-16-9/h2-4H,5H2,1H3,(H,12,13,14). The van der Waals surface area contributed by atoms with Crippen LogP contribution in [0.15, 0.2) is 26.8 Å². The molecule has 2 rings (SSSR count). The third kappa shape index (κ3) is 2.40. The van der Waals surface area contributed by atoms with Crippen molar-refractivity contribution in [3.05, 3.63) is 38.0 Å². The second kappa shape index (κ2) is 4.90. The summed E-state index contributed by atoms with van der Waals surface area (Å²) in [6, 6.07) is 3.36. The number of H-pyrrole nitrogens is 1. The van der Waals surface area contributed by atoms with Gasteiger partial charge in [-0.05, 0) is 27.4 Å². The highest BCUT2D eigenvalue weighted by molar-refractivity contribution is 9.10. The second-order valence-corrected chi connectivity index (χ2v) is 4.89. The largest absolute Gasteiger partial charge is 0.378 e. The summed E-state index contributed by atoms with van der Waals surface area (Å²) in [6.45, 7) is 0.333. The molecule has 0 saturated heterocycles. The number of ether oxygens (including phenoxy) is 1. The second-order valence-electron chi connectivity index (χ2n) is 3.12. The van der Waals surface area contributed by atoms with Crippen LogP contribution >= 0.6 is 27.3 Å². The molecule has 2 heterocycles. The molecule has 0 spiro atoms. The highest BCUT2D eigenvalue weighted by Crippen LogP contribution is 2.30. The first-order valence-corrected chi connectivity index (χ1v) is 6.20. The van der Waals surface area contributed by atoms with E-state index in [9.17, 15) is 4.79 Å². The summed E-state index contributed by atoms with van der Waals surface area (Å²) < 4.78 is 5.89. The molecule has 0 amide bonds. The number of rotatable bonds is 3. The summed E-state index contributed by atoms with van der Waals surface area (Å²) in [6.07, 6.45) is 0. The maximum absolute atomic E-state index is 11.4. The summed E-state index contributed by atoms with van der Waals surface area (Å²) in [5.74, 6) is 0.571. The van der Waals surface area contributed by atoms with Gasteiger partial charge in [0.15, 0.2) is 5.82 Å². The Bertz CT molecular complexity index is 550. The molecule has 0 aliphatic rings. The van der Waals surface area contributed by atoms with Crippen LogP contribution in [0.2, 0.25) is 0 Å². The molecule has 0 atom stereocenters. The van der Waals surface area contributed by atoms with Crippen LogP contribution in [0.25, 0.3) is 10.7 Å². The molecule has 0 bridgehead atoms. The van der Waals surface area contributed by atoms with E-state index in [4.69, 9.17) is 4.74 Å². The quantitative estimate of drug-likeness (QED) is 0.947. The number of nitrogens with zero attached hydrogens (tertiary/aromatic N) is 1. The maximum Gasteiger partial charge on any atom is 0.251 e. The molecule has 84 valence electrons. The third-order valence-electron chi connectivity index (χ3n) is 1.92. The van der Waals surface area contributed by atoms with Crippen molar-refractivity contribution in [2.75, 3.05) is 7.11 Å². The Morgan fingerprint density at radius 1 is 1.62 bits per heavy atom. The molecule has 0 aromatic carbocycles. The van der Waals surface area contributed by atoms with E-state index in [2.05, 4.69) is 25.9 Å². The van der Waals surface area contributed by atoms with Crippen LogP contribution in [0.3, 0.4) is 0 Å². The van der Waals surface area contributed by atoms with Crippen molar-refractivity contribution in [2.24, 2.45) is 0 Å². The summed E-state index contributed by atoms with van der Waals surface area (Å²) in [5, 5.41) is 1.93. The number of thiophene rings is 1. The SMILES string of the molecule is COCc1cc(=O)[nH]c(-c2sccc2Br)n1. The van der Waals surface area contributed by atoms with Gasteiger partial charge >= 0.3 is 0 Å². The van der Waals surface area contributed by atoms with Crippen molar-refractivity contribution >= 4 is 27.3 Å². The number of hydrogen-bond donors (Lipinski definition) is 1. The first-order valence-electron chi connectivity index (χ1n) is 4.53. The number of methoxy groups -OCH3 is 1. The van der Waals surface area contributed by atoms with E-state index in [0.717, 1.165) is 9.35 Å². The molecule has 6 heteroatoms. The summed E-state index contributed by atoms with van der Waals surface area (Å²) >= 11 is 4.93. The van der Waals surface area contributed by atoms with Gasteiger partial charge in [0.25, 0.3) is 5.56 Å². The number of aromatic amines is 1. The van der Waals surface area contributed by atoms with Gasteiger partial charge in [-0.1, -0.05) is 0 Å². The smallest absolute Gasteiger partial charge is 0.251 e. The van der Waals surface area contributed by atoms with Crippen LogP contribution < -0.4 is 5.56 Å². The maximum atomic E-state index is 11.4. The van der Waals surface area contributed by atoms with Crippen molar-refractivity contribution in [2.45, 2.75) is 6.61 Å². The summed E-state index contributed by atoms with van der Waals surface area (Å²) in [5.41, 5.74) is 0.457. The van der Waals surface area contributed by atoms with E-state index < -0.39 is 0 Å². The Labute approximate surface area is 104 Å². The fourth-order valence-electron chi connectivity index (χ4n) is 1.30. The Morgan fingerprint density at radius 3 is 3.06 bits per heavy atom. The van der Waals surface area contributed by atoms with Crippen molar-refractivity contribution in [3.8, 4) is 10.7 Å². The predicted octanol–water partition coefficient (Wildman–Crippen LogP) is 2.41. The van der Waals surface area contributed by atoms with Crippen molar-refractivity contribution in [1.82, 2.24) is 9.97 Å². The lowest BCUT2D eigenvalue weighted by Gasteiger charge is -2.02. The van der Waals surface area contributed by atoms with Crippen LogP contribution in [0.4, 0.5) is 0 Å². The first kappa shape index (κ1) is 11.5. The Kier molecular flexibility index (Phi) is 3.52. The minimum absolute atomic E-state index is 0.169. The molecule has 0 unspecified atom stereocenters. The van der Waals surface area contributed by atoms with E-state index in [1.54, 1.807) is 7.11 Å². The Morgan fingerprint density at radius 2 is 2.44 bits per heavy atom. The first-order chi connectivity index (χ1) is 7.70. The lowest BCUT2D eigenvalue weighted by molar-refractivity contribution is 0.181. The van der Waals surface area contributed by atoms with Crippen LogP contribution in [0.5, 0.6) is 0 Å². The minimum Gasteiger partial charge on any atom is -0.378 e. The summed E-state index contributed by atoms with van der Waals surface area (Å²) in [4.78, 5) is 19.4. The summed E-state index contributed by atoms with van der Waals surface area (Å²) in [7, 11) is 1.57. The van der Waals surface area contributed by atoms with E-state index in [-0.39, 0.29) is 5.56 Å². The number of halogens is 1. The zero-order valence-electron chi connectivity index (χ0n) is 8.49. The van der Waals surface area contributed by atoms with E-state index >= 15 is 0 Å². The monoisotopic (exact) mass is 300 g/mol. The topological polar surface area (TPSA) is 55.0 Å². The zero-order chi connectivity index (χ0) is 11.5. The van der Waals surface area contributed by atoms with Gasteiger partial charge in [-0.3, -0.25) is 4.79 Å². The highest BCUT2D eigenvalue weighted by atomic mass is 79.9. The van der Waals surface area contributed by atoms with Gasteiger partial charge in [0, 0.05) is 17.6 Å². The van der Waals surface area contributed by atoms with E-state index in [1.165, 1.54) is 17.4 Å². The molecule has 4 nitrogen and oxygen atoms in total. The number of nitrogens with one attached hydrogen (secondary N) is 1. The zero-order valence-corrected chi connectivity index (χ0v) is 10.9. The molecule has 2 aromatic heterocycles. The molecule has 0 saturated carbocycles. The minimum atomic E-state index is -0.169. The fraction of sp³-hybridized carbons (Fsp3) is 0.200. The average molecular weight is 301 g/mol. The van der Waals surface area contributed by atoms with Gasteiger partial charge in [-0.25, -0.2) is 4.98 Å².